The van der Waals surface area contributed by atoms with Gasteiger partial charge >= 0.3 is 0 Å². The quantitative estimate of drug-likeness (QED) is 0.537. The second-order valence-electron chi connectivity index (χ2n) is 7.69. The molecule has 0 radical (unpaired) electrons. The van der Waals surface area contributed by atoms with Crippen LogP contribution in [0.25, 0.3) is 0 Å². The van der Waals surface area contributed by atoms with Gasteiger partial charge < -0.3 is 10.1 Å². The number of aryl methyl sites for hydroxylation is 2. The summed E-state index contributed by atoms with van der Waals surface area (Å²) in [6.45, 7) is 3.91. The van der Waals surface area contributed by atoms with Crippen molar-refractivity contribution in [3.8, 4) is 5.75 Å². The summed E-state index contributed by atoms with van der Waals surface area (Å²) in [5.41, 5.74) is 3.46. The molecule has 0 bridgehead atoms. The molecular weight excluding hydrogens is 424 g/mol. The molecule has 0 heterocycles. The molecule has 0 aliphatic heterocycles. The van der Waals surface area contributed by atoms with Crippen molar-refractivity contribution in [3.05, 3.63) is 89.5 Å². The number of benzene rings is 3. The molecular formula is C25H28N2O4S. The highest BCUT2D eigenvalue weighted by atomic mass is 32.2. The van der Waals surface area contributed by atoms with Crippen LogP contribution in [-0.4, -0.2) is 32.8 Å². The molecule has 3 rings (SSSR count). The number of sulfonamides is 1. The van der Waals surface area contributed by atoms with Crippen LogP contribution in [0, 0.1) is 13.8 Å². The molecule has 1 amide bonds. The Labute approximate surface area is 189 Å². The van der Waals surface area contributed by atoms with Gasteiger partial charge in [-0.05, 0) is 55.3 Å². The summed E-state index contributed by atoms with van der Waals surface area (Å²) in [6.07, 6.45) is -0.0395. The van der Waals surface area contributed by atoms with E-state index in [0.29, 0.717) is 17.0 Å². The third-order valence-corrected chi connectivity index (χ3v) is 7.28. The lowest BCUT2D eigenvalue weighted by Gasteiger charge is -2.28. The van der Waals surface area contributed by atoms with E-state index in [1.807, 2.05) is 32.0 Å². The Bertz CT molecular complexity index is 1180. The van der Waals surface area contributed by atoms with Crippen molar-refractivity contribution in [1.82, 2.24) is 4.31 Å². The lowest BCUT2D eigenvalue weighted by atomic mass is 10.0. The van der Waals surface area contributed by atoms with Crippen LogP contribution in [0.15, 0.2) is 77.7 Å². The Kier molecular flexibility index (Phi) is 7.33. The number of carbonyl (C=O) groups is 1. The minimum atomic E-state index is -3.81. The summed E-state index contributed by atoms with van der Waals surface area (Å²) in [7, 11) is -0.745. The summed E-state index contributed by atoms with van der Waals surface area (Å²) in [4.78, 5) is 13.1. The SMILES string of the molecule is COc1ccc([C@H](CC(=O)Nc2ccc(C)cc2C)N(C)S(=O)(=O)c2ccccc2)cc1. The zero-order chi connectivity index (χ0) is 23.3. The van der Waals surface area contributed by atoms with Gasteiger partial charge in [-0.3, -0.25) is 4.79 Å². The van der Waals surface area contributed by atoms with Crippen molar-refractivity contribution in [2.75, 3.05) is 19.5 Å². The molecule has 0 saturated heterocycles. The molecule has 6 nitrogen and oxygen atoms in total. The van der Waals surface area contributed by atoms with E-state index in [4.69, 9.17) is 4.74 Å². The molecule has 1 atom stereocenters. The van der Waals surface area contributed by atoms with E-state index >= 15 is 0 Å². The Morgan fingerprint density at radius 3 is 2.25 bits per heavy atom. The van der Waals surface area contributed by atoms with Gasteiger partial charge in [0, 0.05) is 19.2 Å². The van der Waals surface area contributed by atoms with E-state index in [9.17, 15) is 13.2 Å². The van der Waals surface area contributed by atoms with Crippen LogP contribution in [0.2, 0.25) is 0 Å². The summed E-state index contributed by atoms with van der Waals surface area (Å²) in [5, 5.41) is 2.92. The Hall–Kier alpha value is -3.16. The molecule has 0 unspecified atom stereocenters. The lowest BCUT2D eigenvalue weighted by Crippen LogP contribution is -2.34. The monoisotopic (exact) mass is 452 g/mol. The van der Waals surface area contributed by atoms with E-state index in [0.717, 1.165) is 11.1 Å². The van der Waals surface area contributed by atoms with Crippen molar-refractivity contribution >= 4 is 21.6 Å². The predicted octanol–water partition coefficient (Wildman–Crippen LogP) is 4.70. The number of hydrogen-bond acceptors (Lipinski definition) is 4. The minimum Gasteiger partial charge on any atom is -0.497 e. The molecule has 3 aromatic carbocycles. The number of rotatable bonds is 8. The largest absolute Gasteiger partial charge is 0.497 e. The average Bonchev–Trinajstić information content (AvgIpc) is 2.79. The molecule has 0 spiro atoms. The fourth-order valence-electron chi connectivity index (χ4n) is 3.54. The number of nitrogens with zero attached hydrogens (tertiary/aromatic N) is 1. The van der Waals surface area contributed by atoms with Crippen molar-refractivity contribution in [1.29, 1.82) is 0 Å². The lowest BCUT2D eigenvalue weighted by molar-refractivity contribution is -0.117. The number of amides is 1. The maximum atomic E-state index is 13.3. The first kappa shape index (κ1) is 23.5. The first-order valence-electron chi connectivity index (χ1n) is 10.3. The maximum absolute atomic E-state index is 13.3. The molecule has 32 heavy (non-hydrogen) atoms. The van der Waals surface area contributed by atoms with Gasteiger partial charge in [-0.1, -0.05) is 48.0 Å². The summed E-state index contributed by atoms with van der Waals surface area (Å²) >= 11 is 0. The van der Waals surface area contributed by atoms with Gasteiger partial charge in [0.1, 0.15) is 5.75 Å². The van der Waals surface area contributed by atoms with E-state index in [2.05, 4.69) is 5.32 Å². The number of anilines is 1. The summed E-state index contributed by atoms with van der Waals surface area (Å²) in [6, 6.07) is 20.4. The number of methoxy groups -OCH3 is 1. The number of nitrogens with one attached hydrogen (secondary N) is 1. The molecule has 1 N–H and O–H groups in total. The first-order chi connectivity index (χ1) is 15.2. The van der Waals surface area contributed by atoms with Crippen LogP contribution in [0.3, 0.4) is 0 Å². The molecule has 0 saturated carbocycles. The number of hydrogen-bond donors (Lipinski definition) is 1. The standard InChI is InChI=1S/C25H28N2O4S/c1-18-10-15-23(19(2)16-18)26-25(28)17-24(20-11-13-21(31-4)14-12-20)27(3)32(29,30)22-8-6-5-7-9-22/h5-16,24H,17H2,1-4H3,(H,26,28)/t24-/m0/s1. The van der Waals surface area contributed by atoms with E-state index < -0.39 is 16.1 Å². The van der Waals surface area contributed by atoms with Crippen molar-refractivity contribution in [3.63, 3.8) is 0 Å². The Morgan fingerprint density at radius 2 is 1.66 bits per heavy atom. The summed E-state index contributed by atoms with van der Waals surface area (Å²) in [5.74, 6) is 0.383. The van der Waals surface area contributed by atoms with E-state index in [-0.39, 0.29) is 17.2 Å². The van der Waals surface area contributed by atoms with Crippen LogP contribution >= 0.6 is 0 Å². The highest BCUT2D eigenvalue weighted by molar-refractivity contribution is 7.89. The van der Waals surface area contributed by atoms with E-state index in [1.54, 1.807) is 61.7 Å². The third kappa shape index (κ3) is 5.36. The van der Waals surface area contributed by atoms with Gasteiger partial charge in [0.05, 0.1) is 18.0 Å². The molecule has 3 aromatic rings. The Morgan fingerprint density at radius 1 is 1.00 bits per heavy atom. The number of carbonyl (C=O) groups excluding carboxylic acids is 1. The van der Waals surface area contributed by atoms with Crippen LogP contribution in [0.1, 0.15) is 29.2 Å². The smallest absolute Gasteiger partial charge is 0.243 e. The van der Waals surface area contributed by atoms with E-state index in [1.165, 1.54) is 11.4 Å². The third-order valence-electron chi connectivity index (χ3n) is 5.39. The van der Waals surface area contributed by atoms with Crippen molar-refractivity contribution < 1.29 is 17.9 Å². The highest BCUT2D eigenvalue weighted by Crippen LogP contribution is 2.30. The van der Waals surface area contributed by atoms with Crippen LogP contribution in [-0.2, 0) is 14.8 Å². The molecule has 0 aliphatic rings. The maximum Gasteiger partial charge on any atom is 0.243 e. The molecule has 7 heteroatoms. The zero-order valence-electron chi connectivity index (χ0n) is 18.7. The predicted molar refractivity (Wildman–Crippen MR) is 126 cm³/mol. The topological polar surface area (TPSA) is 75.7 Å². The number of ether oxygens (including phenoxy) is 1. The second kappa shape index (κ2) is 9.97. The first-order valence-corrected chi connectivity index (χ1v) is 11.7. The van der Waals surface area contributed by atoms with Gasteiger partial charge in [-0.25, -0.2) is 8.42 Å². The minimum absolute atomic E-state index is 0.0395. The van der Waals surface area contributed by atoms with Crippen LogP contribution in [0.4, 0.5) is 5.69 Å². The summed E-state index contributed by atoms with van der Waals surface area (Å²) < 4.78 is 33.0. The molecule has 0 fully saturated rings. The van der Waals surface area contributed by atoms with Crippen molar-refractivity contribution in [2.45, 2.75) is 31.2 Å². The van der Waals surface area contributed by atoms with Gasteiger partial charge in [-0.2, -0.15) is 4.31 Å². The van der Waals surface area contributed by atoms with Gasteiger partial charge in [0.15, 0.2) is 0 Å². The normalized spacial score (nSPS) is 12.4. The molecule has 0 aromatic heterocycles. The van der Waals surface area contributed by atoms with Crippen LogP contribution in [0.5, 0.6) is 5.75 Å². The van der Waals surface area contributed by atoms with Gasteiger partial charge in [-0.15, -0.1) is 0 Å². The second-order valence-corrected chi connectivity index (χ2v) is 9.69. The average molecular weight is 453 g/mol. The van der Waals surface area contributed by atoms with Crippen molar-refractivity contribution in [2.24, 2.45) is 0 Å². The van der Waals surface area contributed by atoms with Gasteiger partial charge in [0.2, 0.25) is 15.9 Å². The fourth-order valence-corrected chi connectivity index (χ4v) is 4.90. The molecule has 168 valence electrons. The van der Waals surface area contributed by atoms with Crippen LogP contribution < -0.4 is 10.1 Å². The van der Waals surface area contributed by atoms with Gasteiger partial charge in [0.25, 0.3) is 0 Å². The fraction of sp³-hybridized carbons (Fsp3) is 0.240. The molecule has 0 aliphatic carbocycles. The zero-order valence-corrected chi connectivity index (χ0v) is 19.5. The Balaban J connectivity index is 1.92. The highest BCUT2D eigenvalue weighted by Gasteiger charge is 2.31.